The Bertz CT molecular complexity index is 1040. The number of ether oxygens (including phenoxy) is 1. The van der Waals surface area contributed by atoms with Crippen LogP contribution < -0.4 is 4.73 Å². The molecule has 4 aromatic rings. The van der Waals surface area contributed by atoms with Crippen LogP contribution in [0, 0.1) is 5.21 Å². The zero-order valence-corrected chi connectivity index (χ0v) is 13.3. The first-order chi connectivity index (χ1) is 11.8. The first-order valence-electron chi connectivity index (χ1n) is 7.76. The molecule has 0 bridgehead atoms. The lowest BCUT2D eigenvalue weighted by Crippen LogP contribution is -2.29. The van der Waals surface area contributed by atoms with Crippen LogP contribution in [-0.2, 0) is 11.3 Å². The number of nitrogens with zero attached hydrogens (tertiary/aromatic N) is 2. The van der Waals surface area contributed by atoms with Gasteiger partial charge in [-0.05, 0) is 23.6 Å². The third-order valence-electron chi connectivity index (χ3n) is 4.13. The molecule has 4 nitrogen and oxygen atoms in total. The van der Waals surface area contributed by atoms with E-state index in [2.05, 4.69) is 0 Å². The highest BCUT2D eigenvalue weighted by Gasteiger charge is 2.17. The van der Waals surface area contributed by atoms with Crippen LogP contribution in [-0.4, -0.2) is 12.1 Å². The Balaban J connectivity index is 2.00. The molecule has 0 aliphatic rings. The standard InChI is InChI=1S/C20H16N2O2/c1-24-13-17-10-15-7-4-5-9-18(15)21-20(17)19-11-14-6-2-3-8-16(14)12-22(19)23/h2-12H,13H2,1H3. The third kappa shape index (κ3) is 2.47. The van der Waals surface area contributed by atoms with E-state index in [-0.39, 0.29) is 0 Å². The van der Waals surface area contributed by atoms with Crippen LogP contribution in [0.4, 0.5) is 0 Å². The zero-order chi connectivity index (χ0) is 16.5. The first kappa shape index (κ1) is 14.6. The molecule has 0 atom stereocenters. The SMILES string of the molecule is COCc1cc2ccccc2nc1-c1cc2ccccc2c[n+]1[O-]. The minimum atomic E-state index is 0.403. The normalized spacial score (nSPS) is 11.2. The Hall–Kier alpha value is -2.98. The number of aromatic nitrogens is 2. The van der Waals surface area contributed by atoms with Crippen molar-refractivity contribution in [2.24, 2.45) is 0 Å². The topological polar surface area (TPSA) is 49.1 Å². The number of rotatable bonds is 3. The fourth-order valence-corrected chi connectivity index (χ4v) is 2.99. The predicted octanol–water partition coefficient (Wildman–Crippen LogP) is 3.83. The highest BCUT2D eigenvalue weighted by atomic mass is 16.5. The van der Waals surface area contributed by atoms with E-state index < -0.39 is 0 Å². The van der Waals surface area contributed by atoms with E-state index >= 15 is 0 Å². The molecule has 0 unspecified atom stereocenters. The second-order valence-corrected chi connectivity index (χ2v) is 5.74. The van der Waals surface area contributed by atoms with Gasteiger partial charge in [0.1, 0.15) is 5.69 Å². The summed E-state index contributed by atoms with van der Waals surface area (Å²) < 4.78 is 6.20. The predicted molar refractivity (Wildman–Crippen MR) is 94.4 cm³/mol. The minimum absolute atomic E-state index is 0.403. The van der Waals surface area contributed by atoms with Crippen molar-refractivity contribution < 1.29 is 9.47 Å². The minimum Gasteiger partial charge on any atom is -0.618 e. The van der Waals surface area contributed by atoms with Crippen molar-refractivity contribution >= 4 is 21.7 Å². The monoisotopic (exact) mass is 316 g/mol. The molecule has 0 fully saturated rings. The number of methoxy groups -OCH3 is 1. The number of pyridine rings is 2. The number of hydrogen-bond acceptors (Lipinski definition) is 3. The van der Waals surface area contributed by atoms with Crippen molar-refractivity contribution in [1.29, 1.82) is 0 Å². The molecule has 0 aliphatic heterocycles. The summed E-state index contributed by atoms with van der Waals surface area (Å²) in [5.74, 6) is 0. The Kier molecular flexibility index (Phi) is 3.59. The molecule has 0 spiro atoms. The summed E-state index contributed by atoms with van der Waals surface area (Å²) in [6.07, 6.45) is 1.60. The second-order valence-electron chi connectivity index (χ2n) is 5.74. The maximum atomic E-state index is 12.6. The highest BCUT2D eigenvalue weighted by molar-refractivity contribution is 5.86. The largest absolute Gasteiger partial charge is 0.618 e. The van der Waals surface area contributed by atoms with Gasteiger partial charge in [-0.3, -0.25) is 0 Å². The smallest absolute Gasteiger partial charge is 0.243 e. The summed E-state index contributed by atoms with van der Waals surface area (Å²) in [5, 5.41) is 15.5. The summed E-state index contributed by atoms with van der Waals surface area (Å²) in [5.41, 5.74) is 2.96. The molecule has 0 aliphatic carbocycles. The average Bonchev–Trinajstić information content (AvgIpc) is 2.61. The molecular weight excluding hydrogens is 300 g/mol. The van der Waals surface area contributed by atoms with Crippen LogP contribution in [0.15, 0.2) is 66.9 Å². The van der Waals surface area contributed by atoms with Crippen LogP contribution in [0.25, 0.3) is 33.1 Å². The zero-order valence-electron chi connectivity index (χ0n) is 13.3. The molecule has 0 saturated heterocycles. The molecule has 0 N–H and O–H groups in total. The van der Waals surface area contributed by atoms with Gasteiger partial charge in [0.2, 0.25) is 5.69 Å². The maximum Gasteiger partial charge on any atom is 0.243 e. The number of benzene rings is 2. The van der Waals surface area contributed by atoms with Gasteiger partial charge in [0.05, 0.1) is 12.1 Å². The molecule has 2 aromatic carbocycles. The van der Waals surface area contributed by atoms with E-state index in [0.717, 1.165) is 32.0 Å². The van der Waals surface area contributed by atoms with Crippen LogP contribution in [0.3, 0.4) is 0 Å². The summed E-state index contributed by atoms with van der Waals surface area (Å²) in [4.78, 5) is 4.73. The Morgan fingerprint density at radius 1 is 0.958 bits per heavy atom. The van der Waals surface area contributed by atoms with E-state index in [1.165, 1.54) is 0 Å². The third-order valence-corrected chi connectivity index (χ3v) is 4.13. The number of fused-ring (bicyclic) bond motifs is 2. The Morgan fingerprint density at radius 3 is 2.46 bits per heavy atom. The fourth-order valence-electron chi connectivity index (χ4n) is 2.99. The van der Waals surface area contributed by atoms with Gasteiger partial charge in [0, 0.05) is 29.5 Å². The highest BCUT2D eigenvalue weighted by Crippen LogP contribution is 2.26. The average molecular weight is 316 g/mol. The summed E-state index contributed by atoms with van der Waals surface area (Å²) in [7, 11) is 1.64. The molecule has 2 heterocycles. The Morgan fingerprint density at radius 2 is 1.67 bits per heavy atom. The van der Waals surface area contributed by atoms with Crippen LogP contribution in [0.1, 0.15) is 5.56 Å². The van der Waals surface area contributed by atoms with E-state index in [9.17, 15) is 5.21 Å². The lowest BCUT2D eigenvalue weighted by atomic mass is 10.1. The van der Waals surface area contributed by atoms with Crippen molar-refractivity contribution in [2.45, 2.75) is 6.61 Å². The lowest BCUT2D eigenvalue weighted by Gasteiger charge is -2.11. The second kappa shape index (κ2) is 5.91. The molecule has 24 heavy (non-hydrogen) atoms. The van der Waals surface area contributed by atoms with Crippen molar-refractivity contribution in [1.82, 2.24) is 4.98 Å². The van der Waals surface area contributed by atoms with E-state index in [1.54, 1.807) is 13.3 Å². The van der Waals surface area contributed by atoms with Gasteiger partial charge in [0.25, 0.3) is 0 Å². The van der Waals surface area contributed by atoms with Crippen molar-refractivity contribution in [3.63, 3.8) is 0 Å². The van der Waals surface area contributed by atoms with Gasteiger partial charge < -0.3 is 9.94 Å². The molecule has 0 saturated carbocycles. The van der Waals surface area contributed by atoms with Gasteiger partial charge in [-0.2, -0.15) is 4.73 Å². The number of hydrogen-bond donors (Lipinski definition) is 0. The van der Waals surface area contributed by atoms with Crippen molar-refractivity contribution in [3.05, 3.63) is 77.6 Å². The molecule has 118 valence electrons. The lowest BCUT2D eigenvalue weighted by molar-refractivity contribution is -0.592. The fraction of sp³-hybridized carbons (Fsp3) is 0.100. The first-order valence-corrected chi connectivity index (χ1v) is 7.76. The quantitative estimate of drug-likeness (QED) is 0.426. The van der Waals surface area contributed by atoms with Crippen LogP contribution in [0.2, 0.25) is 0 Å². The number of para-hydroxylation sites is 1. The summed E-state index contributed by atoms with van der Waals surface area (Å²) >= 11 is 0. The molecule has 4 rings (SSSR count). The van der Waals surface area contributed by atoms with Gasteiger partial charge in [-0.15, -0.1) is 0 Å². The summed E-state index contributed by atoms with van der Waals surface area (Å²) in [6.45, 7) is 0.403. The summed E-state index contributed by atoms with van der Waals surface area (Å²) in [6, 6.07) is 19.6. The van der Waals surface area contributed by atoms with Gasteiger partial charge in [-0.25, -0.2) is 4.98 Å². The van der Waals surface area contributed by atoms with Crippen molar-refractivity contribution in [2.75, 3.05) is 7.11 Å². The van der Waals surface area contributed by atoms with E-state index in [4.69, 9.17) is 9.72 Å². The molecular formula is C20H16N2O2. The molecule has 2 aromatic heterocycles. The van der Waals surface area contributed by atoms with Gasteiger partial charge in [-0.1, -0.05) is 36.4 Å². The Labute approximate surface area is 139 Å². The molecule has 0 amide bonds. The maximum absolute atomic E-state index is 12.6. The van der Waals surface area contributed by atoms with Gasteiger partial charge in [0.15, 0.2) is 6.20 Å². The van der Waals surface area contributed by atoms with E-state index in [1.807, 2.05) is 60.7 Å². The molecule has 0 radical (unpaired) electrons. The molecule has 4 heteroatoms. The van der Waals surface area contributed by atoms with Crippen molar-refractivity contribution in [3.8, 4) is 11.4 Å². The van der Waals surface area contributed by atoms with Gasteiger partial charge >= 0.3 is 0 Å². The van der Waals surface area contributed by atoms with Crippen LogP contribution in [0.5, 0.6) is 0 Å². The van der Waals surface area contributed by atoms with Crippen LogP contribution >= 0.6 is 0 Å². The van der Waals surface area contributed by atoms with E-state index in [0.29, 0.717) is 18.0 Å².